The van der Waals surface area contributed by atoms with E-state index >= 15 is 0 Å². The van der Waals surface area contributed by atoms with Crippen LogP contribution in [0.2, 0.25) is 5.02 Å². The minimum absolute atomic E-state index is 0.0199. The lowest BCUT2D eigenvalue weighted by Gasteiger charge is -2.08. The number of ether oxygens (including phenoxy) is 2. The van der Waals surface area contributed by atoms with Crippen LogP contribution in [0.3, 0.4) is 0 Å². The lowest BCUT2D eigenvalue weighted by Crippen LogP contribution is -2.15. The fourth-order valence-electron chi connectivity index (χ4n) is 1.53. The fraction of sp³-hybridized carbons (Fsp3) is 0.357. The second-order valence-electron chi connectivity index (χ2n) is 4.04. The van der Waals surface area contributed by atoms with Gasteiger partial charge in [-0.05, 0) is 25.1 Å². The number of amides is 1. The van der Waals surface area contributed by atoms with E-state index < -0.39 is 17.8 Å². The first-order valence-electron chi connectivity index (χ1n) is 6.31. The van der Waals surface area contributed by atoms with E-state index in [1.165, 1.54) is 25.3 Å². The maximum atomic E-state index is 11.7. The molecular weight excluding hydrogens is 298 g/mol. The number of anilines is 1. The predicted octanol–water partition coefficient (Wildman–Crippen LogP) is 2.41. The van der Waals surface area contributed by atoms with Crippen molar-refractivity contribution in [2.45, 2.75) is 19.8 Å². The Labute approximate surface area is 127 Å². The molecule has 0 unspecified atom stereocenters. The van der Waals surface area contributed by atoms with Crippen LogP contribution in [0.15, 0.2) is 18.2 Å². The molecule has 6 nitrogen and oxygen atoms in total. The van der Waals surface area contributed by atoms with Gasteiger partial charge in [-0.3, -0.25) is 9.59 Å². The third-order valence-electron chi connectivity index (χ3n) is 2.52. The van der Waals surface area contributed by atoms with Gasteiger partial charge in [0.15, 0.2) is 0 Å². The first kappa shape index (κ1) is 17.0. The lowest BCUT2D eigenvalue weighted by atomic mass is 10.2. The van der Waals surface area contributed by atoms with E-state index in [4.69, 9.17) is 16.3 Å². The molecule has 7 heteroatoms. The zero-order valence-electron chi connectivity index (χ0n) is 11.8. The summed E-state index contributed by atoms with van der Waals surface area (Å²) in [5, 5.41) is 2.82. The Morgan fingerprint density at radius 1 is 1.24 bits per heavy atom. The number of esters is 2. The highest BCUT2D eigenvalue weighted by Gasteiger charge is 2.12. The van der Waals surface area contributed by atoms with Crippen LogP contribution in [-0.4, -0.2) is 31.6 Å². The highest BCUT2D eigenvalue weighted by molar-refractivity contribution is 6.33. The summed E-state index contributed by atoms with van der Waals surface area (Å²) < 4.78 is 9.31. The molecule has 21 heavy (non-hydrogen) atoms. The van der Waals surface area contributed by atoms with Crippen molar-refractivity contribution in [1.82, 2.24) is 0 Å². The topological polar surface area (TPSA) is 81.7 Å². The van der Waals surface area contributed by atoms with Crippen LogP contribution in [0.25, 0.3) is 0 Å². The molecule has 0 aliphatic carbocycles. The molecule has 0 bridgehead atoms. The minimum atomic E-state index is -0.534. The average Bonchev–Trinajstić information content (AvgIpc) is 2.47. The second kappa shape index (κ2) is 8.26. The molecule has 0 spiro atoms. The summed E-state index contributed by atoms with van der Waals surface area (Å²) in [5.74, 6) is -1.37. The Hall–Kier alpha value is -2.08. The van der Waals surface area contributed by atoms with E-state index in [1.807, 2.05) is 0 Å². The monoisotopic (exact) mass is 313 g/mol. The van der Waals surface area contributed by atoms with Gasteiger partial charge < -0.3 is 14.8 Å². The molecule has 0 radical (unpaired) electrons. The largest absolute Gasteiger partial charge is 0.466 e. The second-order valence-corrected chi connectivity index (χ2v) is 4.45. The zero-order valence-corrected chi connectivity index (χ0v) is 12.5. The van der Waals surface area contributed by atoms with Gasteiger partial charge in [0.1, 0.15) is 0 Å². The van der Waals surface area contributed by atoms with Crippen LogP contribution in [0, 0.1) is 0 Å². The molecule has 0 fully saturated rings. The molecule has 1 aromatic rings. The van der Waals surface area contributed by atoms with Crippen LogP contribution in [0.5, 0.6) is 0 Å². The smallest absolute Gasteiger partial charge is 0.337 e. The quantitative estimate of drug-likeness (QED) is 0.816. The van der Waals surface area contributed by atoms with Crippen molar-refractivity contribution in [1.29, 1.82) is 0 Å². The van der Waals surface area contributed by atoms with E-state index in [0.717, 1.165) is 0 Å². The normalized spacial score (nSPS) is 9.86. The SMILES string of the molecule is CCOC(=O)CCC(=O)Nc1cc(C(=O)OC)ccc1Cl. The summed E-state index contributed by atoms with van der Waals surface area (Å²) >= 11 is 5.94. The number of benzene rings is 1. The van der Waals surface area contributed by atoms with E-state index in [9.17, 15) is 14.4 Å². The van der Waals surface area contributed by atoms with Crippen LogP contribution < -0.4 is 5.32 Å². The Bertz CT molecular complexity index is 544. The molecule has 0 atom stereocenters. The van der Waals surface area contributed by atoms with Crippen molar-refractivity contribution >= 4 is 35.1 Å². The number of halogens is 1. The molecule has 0 heterocycles. The molecule has 1 rings (SSSR count). The van der Waals surface area contributed by atoms with Gasteiger partial charge in [-0.2, -0.15) is 0 Å². The van der Waals surface area contributed by atoms with E-state index in [-0.39, 0.29) is 35.7 Å². The van der Waals surface area contributed by atoms with Crippen molar-refractivity contribution in [3.8, 4) is 0 Å². The fourth-order valence-corrected chi connectivity index (χ4v) is 1.69. The van der Waals surface area contributed by atoms with E-state index in [0.29, 0.717) is 0 Å². The molecule has 1 amide bonds. The molecule has 0 aliphatic rings. The highest BCUT2D eigenvalue weighted by Crippen LogP contribution is 2.23. The first-order chi connectivity index (χ1) is 9.97. The standard InChI is InChI=1S/C14H16ClNO5/c1-3-21-13(18)7-6-12(17)16-11-8-9(14(19)20-2)4-5-10(11)15/h4-5,8H,3,6-7H2,1-2H3,(H,16,17). The van der Waals surface area contributed by atoms with Gasteiger partial charge in [-0.25, -0.2) is 4.79 Å². The van der Waals surface area contributed by atoms with Gasteiger partial charge >= 0.3 is 11.9 Å². The number of rotatable bonds is 6. The van der Waals surface area contributed by atoms with Gasteiger partial charge in [0.2, 0.25) is 5.91 Å². The number of carbonyl (C=O) groups excluding carboxylic acids is 3. The minimum Gasteiger partial charge on any atom is -0.466 e. The average molecular weight is 314 g/mol. The molecular formula is C14H16ClNO5. The summed E-state index contributed by atoms with van der Waals surface area (Å²) in [4.78, 5) is 34.3. The maximum absolute atomic E-state index is 11.7. The molecule has 114 valence electrons. The van der Waals surface area contributed by atoms with Gasteiger partial charge in [0, 0.05) is 6.42 Å². The highest BCUT2D eigenvalue weighted by atomic mass is 35.5. The summed E-state index contributed by atoms with van der Waals surface area (Å²) in [6.07, 6.45) is -0.0500. The first-order valence-corrected chi connectivity index (χ1v) is 6.69. The molecule has 0 saturated heterocycles. The van der Waals surface area contributed by atoms with Gasteiger partial charge in [0.25, 0.3) is 0 Å². The van der Waals surface area contributed by atoms with Crippen molar-refractivity contribution < 1.29 is 23.9 Å². The summed E-state index contributed by atoms with van der Waals surface area (Å²) in [6.45, 7) is 1.96. The van der Waals surface area contributed by atoms with E-state index in [1.54, 1.807) is 6.92 Å². The summed E-state index contributed by atoms with van der Waals surface area (Å²) in [6, 6.07) is 4.38. The summed E-state index contributed by atoms with van der Waals surface area (Å²) in [5.41, 5.74) is 0.552. The van der Waals surface area contributed by atoms with Crippen molar-refractivity contribution in [2.24, 2.45) is 0 Å². The maximum Gasteiger partial charge on any atom is 0.337 e. The molecule has 0 saturated carbocycles. The third kappa shape index (κ3) is 5.43. The number of hydrogen-bond acceptors (Lipinski definition) is 5. The Kier molecular flexibility index (Phi) is 6.68. The number of methoxy groups -OCH3 is 1. The lowest BCUT2D eigenvalue weighted by molar-refractivity contribution is -0.144. The van der Waals surface area contributed by atoms with Crippen LogP contribution in [0.4, 0.5) is 5.69 Å². The van der Waals surface area contributed by atoms with Crippen molar-refractivity contribution in [3.05, 3.63) is 28.8 Å². The molecule has 1 aromatic carbocycles. The number of nitrogens with one attached hydrogen (secondary N) is 1. The number of hydrogen-bond donors (Lipinski definition) is 1. The van der Waals surface area contributed by atoms with Crippen LogP contribution in [0.1, 0.15) is 30.1 Å². The third-order valence-corrected chi connectivity index (χ3v) is 2.85. The van der Waals surface area contributed by atoms with E-state index in [2.05, 4.69) is 10.1 Å². The van der Waals surface area contributed by atoms with Crippen LogP contribution in [-0.2, 0) is 19.1 Å². The molecule has 0 aromatic heterocycles. The van der Waals surface area contributed by atoms with Crippen molar-refractivity contribution in [2.75, 3.05) is 19.0 Å². The van der Waals surface area contributed by atoms with Crippen molar-refractivity contribution in [3.63, 3.8) is 0 Å². The Morgan fingerprint density at radius 2 is 1.95 bits per heavy atom. The van der Waals surface area contributed by atoms with Gasteiger partial charge in [-0.15, -0.1) is 0 Å². The van der Waals surface area contributed by atoms with Crippen LogP contribution >= 0.6 is 11.6 Å². The molecule has 1 N–H and O–H groups in total. The summed E-state index contributed by atoms with van der Waals surface area (Å²) in [7, 11) is 1.26. The Balaban J connectivity index is 2.67. The number of carbonyl (C=O) groups is 3. The van der Waals surface area contributed by atoms with Gasteiger partial charge in [0.05, 0.1) is 36.4 Å². The van der Waals surface area contributed by atoms with Gasteiger partial charge in [-0.1, -0.05) is 11.6 Å². The molecule has 0 aliphatic heterocycles. The predicted molar refractivity (Wildman–Crippen MR) is 77.3 cm³/mol. The Morgan fingerprint density at radius 3 is 2.57 bits per heavy atom. The zero-order chi connectivity index (χ0) is 15.8.